The van der Waals surface area contributed by atoms with E-state index in [1.54, 1.807) is 0 Å². The monoisotopic (exact) mass is 178 g/mol. The number of aliphatic hydroxyl groups excluding tert-OH is 2. The molecule has 3 aliphatic rings. The minimum atomic E-state index is -0.341. The second-order valence-electron chi connectivity index (χ2n) is 4.54. The van der Waals surface area contributed by atoms with E-state index in [9.17, 15) is 10.2 Å². The van der Waals surface area contributed by atoms with Crippen LogP contribution in [0.1, 0.15) is 6.42 Å². The summed E-state index contributed by atoms with van der Waals surface area (Å²) in [6, 6.07) is 0. The van der Waals surface area contributed by atoms with Gasteiger partial charge in [-0.25, -0.2) is 0 Å². The summed E-state index contributed by atoms with van der Waals surface area (Å²) in [6.45, 7) is 0.177. The summed E-state index contributed by atoms with van der Waals surface area (Å²) in [7, 11) is 0. The lowest BCUT2D eigenvalue weighted by Crippen LogP contribution is -2.37. The molecule has 2 bridgehead atoms. The van der Waals surface area contributed by atoms with Gasteiger partial charge in [0.15, 0.2) is 0 Å². The highest BCUT2D eigenvalue weighted by Crippen LogP contribution is 2.60. The standard InChI is InChI=1S/C11H14O2/c12-6-11-4-3-9(13)10(11)7-1-2-8(11)5-7/h1-4,7-10,12-13H,5-6H2/t7-,8+,9+,10+,11-/m1/s1. The zero-order valence-corrected chi connectivity index (χ0v) is 7.43. The summed E-state index contributed by atoms with van der Waals surface area (Å²) in [5, 5.41) is 19.3. The highest BCUT2D eigenvalue weighted by Gasteiger charge is 2.58. The molecule has 2 nitrogen and oxygen atoms in total. The van der Waals surface area contributed by atoms with Gasteiger partial charge in [-0.3, -0.25) is 0 Å². The summed E-state index contributed by atoms with van der Waals surface area (Å²) in [5.41, 5.74) is -0.126. The van der Waals surface area contributed by atoms with Crippen LogP contribution in [0.25, 0.3) is 0 Å². The average molecular weight is 178 g/mol. The van der Waals surface area contributed by atoms with Crippen LogP contribution < -0.4 is 0 Å². The minimum absolute atomic E-state index is 0.126. The predicted molar refractivity (Wildman–Crippen MR) is 48.9 cm³/mol. The lowest BCUT2D eigenvalue weighted by atomic mass is 9.71. The third kappa shape index (κ3) is 0.720. The second-order valence-corrected chi connectivity index (χ2v) is 4.54. The molecule has 2 N–H and O–H groups in total. The van der Waals surface area contributed by atoms with Gasteiger partial charge >= 0.3 is 0 Å². The van der Waals surface area contributed by atoms with Crippen LogP contribution in [-0.4, -0.2) is 22.9 Å². The molecule has 0 unspecified atom stereocenters. The van der Waals surface area contributed by atoms with Gasteiger partial charge in [0.2, 0.25) is 0 Å². The van der Waals surface area contributed by atoms with Crippen molar-refractivity contribution >= 4 is 0 Å². The molecule has 0 aromatic carbocycles. The van der Waals surface area contributed by atoms with Crippen LogP contribution in [-0.2, 0) is 0 Å². The van der Waals surface area contributed by atoms with E-state index in [0.29, 0.717) is 11.8 Å². The molecule has 70 valence electrons. The minimum Gasteiger partial charge on any atom is -0.395 e. The molecule has 0 aliphatic heterocycles. The zero-order chi connectivity index (χ0) is 9.05. The molecule has 0 spiro atoms. The lowest BCUT2D eigenvalue weighted by Gasteiger charge is -2.35. The molecule has 0 aromatic rings. The number of aliphatic hydroxyl groups is 2. The Morgan fingerprint density at radius 1 is 1.31 bits per heavy atom. The van der Waals surface area contributed by atoms with Crippen molar-refractivity contribution in [1.29, 1.82) is 0 Å². The first kappa shape index (κ1) is 7.77. The lowest BCUT2D eigenvalue weighted by molar-refractivity contribution is 0.0430. The number of hydrogen-bond donors (Lipinski definition) is 2. The first-order valence-electron chi connectivity index (χ1n) is 4.94. The van der Waals surface area contributed by atoms with Crippen LogP contribution in [0, 0.1) is 23.2 Å². The Kier molecular flexibility index (Phi) is 1.35. The molecule has 1 saturated carbocycles. The van der Waals surface area contributed by atoms with Crippen LogP contribution in [0.2, 0.25) is 0 Å². The Hall–Kier alpha value is -0.600. The van der Waals surface area contributed by atoms with Gasteiger partial charge in [-0.05, 0) is 18.3 Å². The number of hydrogen-bond acceptors (Lipinski definition) is 2. The predicted octanol–water partition coefficient (Wildman–Crippen LogP) is 0.718. The van der Waals surface area contributed by atoms with Crippen molar-refractivity contribution in [2.75, 3.05) is 6.61 Å². The maximum absolute atomic E-state index is 9.79. The van der Waals surface area contributed by atoms with E-state index in [-0.39, 0.29) is 24.0 Å². The van der Waals surface area contributed by atoms with Crippen molar-refractivity contribution in [1.82, 2.24) is 0 Å². The van der Waals surface area contributed by atoms with Crippen molar-refractivity contribution in [3.63, 3.8) is 0 Å². The van der Waals surface area contributed by atoms with Crippen LogP contribution in [0.3, 0.4) is 0 Å². The van der Waals surface area contributed by atoms with Crippen molar-refractivity contribution in [2.45, 2.75) is 12.5 Å². The molecule has 13 heavy (non-hydrogen) atoms. The third-order valence-corrected chi connectivity index (χ3v) is 4.13. The Morgan fingerprint density at radius 3 is 2.85 bits per heavy atom. The Balaban J connectivity index is 2.08. The van der Waals surface area contributed by atoms with Crippen LogP contribution in [0.15, 0.2) is 24.3 Å². The quantitative estimate of drug-likeness (QED) is 0.581. The van der Waals surface area contributed by atoms with Gasteiger partial charge in [0.05, 0.1) is 12.7 Å². The van der Waals surface area contributed by atoms with E-state index in [0.717, 1.165) is 6.42 Å². The molecule has 2 heteroatoms. The maximum Gasteiger partial charge on any atom is 0.0764 e. The van der Waals surface area contributed by atoms with E-state index in [4.69, 9.17) is 0 Å². The van der Waals surface area contributed by atoms with Gasteiger partial charge < -0.3 is 10.2 Å². The van der Waals surface area contributed by atoms with Crippen molar-refractivity contribution < 1.29 is 10.2 Å². The first-order chi connectivity index (χ1) is 6.28. The van der Waals surface area contributed by atoms with Gasteiger partial charge in [-0.15, -0.1) is 0 Å². The summed E-state index contributed by atoms with van der Waals surface area (Å²) in [5.74, 6) is 1.19. The van der Waals surface area contributed by atoms with Gasteiger partial charge in [0.25, 0.3) is 0 Å². The van der Waals surface area contributed by atoms with Gasteiger partial charge in [-0.1, -0.05) is 24.3 Å². The Bertz CT molecular complexity index is 294. The van der Waals surface area contributed by atoms with Gasteiger partial charge in [-0.2, -0.15) is 0 Å². The van der Waals surface area contributed by atoms with E-state index >= 15 is 0 Å². The molecule has 5 atom stereocenters. The number of allylic oxidation sites excluding steroid dienone is 2. The topological polar surface area (TPSA) is 40.5 Å². The largest absolute Gasteiger partial charge is 0.395 e. The van der Waals surface area contributed by atoms with Crippen LogP contribution >= 0.6 is 0 Å². The second kappa shape index (κ2) is 2.25. The number of fused-ring (bicyclic) bond motifs is 5. The molecule has 1 fully saturated rings. The summed E-state index contributed by atoms with van der Waals surface area (Å²) >= 11 is 0. The zero-order valence-electron chi connectivity index (χ0n) is 7.43. The molecule has 0 saturated heterocycles. The fourth-order valence-electron chi connectivity index (χ4n) is 3.52. The third-order valence-electron chi connectivity index (χ3n) is 4.13. The maximum atomic E-state index is 9.79. The number of rotatable bonds is 1. The Morgan fingerprint density at radius 2 is 2.15 bits per heavy atom. The smallest absolute Gasteiger partial charge is 0.0764 e. The molecule has 0 heterocycles. The fraction of sp³-hybridized carbons (Fsp3) is 0.636. The van der Waals surface area contributed by atoms with Crippen molar-refractivity contribution in [3.8, 4) is 0 Å². The van der Waals surface area contributed by atoms with Crippen LogP contribution in [0.5, 0.6) is 0 Å². The van der Waals surface area contributed by atoms with E-state index in [1.807, 2.05) is 12.2 Å². The average Bonchev–Trinajstić information content (AvgIpc) is 2.77. The van der Waals surface area contributed by atoms with Gasteiger partial charge in [0.1, 0.15) is 0 Å². The van der Waals surface area contributed by atoms with Crippen molar-refractivity contribution in [2.24, 2.45) is 23.2 Å². The molecule has 3 aliphatic carbocycles. The summed E-state index contributed by atoms with van der Waals surface area (Å²) < 4.78 is 0. The molecular formula is C11H14O2. The van der Waals surface area contributed by atoms with E-state index in [1.165, 1.54) is 0 Å². The van der Waals surface area contributed by atoms with E-state index < -0.39 is 0 Å². The van der Waals surface area contributed by atoms with Crippen LogP contribution in [0.4, 0.5) is 0 Å². The molecular weight excluding hydrogens is 164 g/mol. The molecule has 0 amide bonds. The summed E-state index contributed by atoms with van der Waals surface area (Å²) in [4.78, 5) is 0. The highest BCUT2D eigenvalue weighted by molar-refractivity contribution is 5.31. The Labute approximate surface area is 77.6 Å². The molecule has 3 rings (SSSR count). The fourth-order valence-corrected chi connectivity index (χ4v) is 3.52. The van der Waals surface area contributed by atoms with Gasteiger partial charge in [0, 0.05) is 11.3 Å². The SMILES string of the molecule is OC[C@@]12C=C[C@H](O)[C@@H]1[C@@H]1C=C[C@H]2C1. The first-order valence-corrected chi connectivity index (χ1v) is 4.94. The summed E-state index contributed by atoms with van der Waals surface area (Å²) in [6.07, 6.45) is 9.09. The van der Waals surface area contributed by atoms with Crippen molar-refractivity contribution in [3.05, 3.63) is 24.3 Å². The van der Waals surface area contributed by atoms with E-state index in [2.05, 4.69) is 12.2 Å². The molecule has 0 radical (unpaired) electrons. The highest BCUT2D eigenvalue weighted by atomic mass is 16.3. The molecule has 0 aromatic heterocycles. The normalized spacial score (nSPS) is 56.2.